The Kier molecular flexibility index (Phi) is 10.8. The number of pyridine rings is 1. The van der Waals surface area contributed by atoms with Crippen LogP contribution in [0.1, 0.15) is 43.7 Å². The van der Waals surface area contributed by atoms with Crippen molar-refractivity contribution in [2.24, 2.45) is 4.99 Å². The summed E-state index contributed by atoms with van der Waals surface area (Å²) in [6.07, 6.45) is 7.14. The van der Waals surface area contributed by atoms with Crippen LogP contribution in [0.5, 0.6) is 5.75 Å². The lowest BCUT2D eigenvalue weighted by molar-refractivity contribution is 0.414. The lowest BCUT2D eigenvalue weighted by Crippen LogP contribution is -2.36. The van der Waals surface area contributed by atoms with Crippen molar-refractivity contribution in [2.75, 3.05) is 31.6 Å². The molecule has 0 amide bonds. The first-order valence-corrected chi connectivity index (χ1v) is 10.6. The van der Waals surface area contributed by atoms with Crippen molar-refractivity contribution in [1.29, 1.82) is 0 Å². The van der Waals surface area contributed by atoms with E-state index in [0.717, 1.165) is 48.3 Å². The Balaban J connectivity index is 0.00000320. The Morgan fingerprint density at radius 1 is 1.07 bits per heavy atom. The molecule has 1 fully saturated rings. The van der Waals surface area contributed by atoms with Crippen molar-refractivity contribution in [1.82, 2.24) is 15.6 Å². The number of benzene rings is 1. The number of nitrogens with one attached hydrogen (secondary N) is 2. The number of anilines is 1. The predicted molar refractivity (Wildman–Crippen MR) is 135 cm³/mol. The van der Waals surface area contributed by atoms with Crippen LogP contribution in [0, 0.1) is 0 Å². The number of hydrogen-bond donors (Lipinski definition) is 2. The van der Waals surface area contributed by atoms with Crippen LogP contribution in [0.3, 0.4) is 0 Å². The molecular weight excluding hydrogens is 489 g/mol. The van der Waals surface area contributed by atoms with E-state index in [2.05, 4.69) is 45.6 Å². The summed E-state index contributed by atoms with van der Waals surface area (Å²) in [4.78, 5) is 11.8. The van der Waals surface area contributed by atoms with E-state index in [0.29, 0.717) is 13.1 Å². The van der Waals surface area contributed by atoms with Gasteiger partial charge in [0.1, 0.15) is 11.6 Å². The Morgan fingerprint density at radius 2 is 1.87 bits per heavy atom. The maximum Gasteiger partial charge on any atom is 0.191 e. The highest BCUT2D eigenvalue weighted by Gasteiger charge is 2.10. The van der Waals surface area contributed by atoms with E-state index in [1.165, 1.54) is 25.7 Å². The van der Waals surface area contributed by atoms with Gasteiger partial charge in [0.2, 0.25) is 0 Å². The van der Waals surface area contributed by atoms with Gasteiger partial charge in [-0.1, -0.05) is 31.0 Å². The molecule has 0 aliphatic carbocycles. The number of nitrogens with zero attached hydrogens (tertiary/aromatic N) is 3. The molecule has 2 heterocycles. The quantitative estimate of drug-likeness (QED) is 0.321. The van der Waals surface area contributed by atoms with E-state index < -0.39 is 0 Å². The average Bonchev–Trinajstić information content (AvgIpc) is 3.06. The van der Waals surface area contributed by atoms with Crippen LogP contribution in [0.25, 0.3) is 0 Å². The minimum absolute atomic E-state index is 0. The van der Waals surface area contributed by atoms with Gasteiger partial charge in [-0.3, -0.25) is 0 Å². The Morgan fingerprint density at radius 3 is 2.53 bits per heavy atom. The summed E-state index contributed by atoms with van der Waals surface area (Å²) < 4.78 is 5.29. The van der Waals surface area contributed by atoms with Gasteiger partial charge in [0, 0.05) is 32.4 Å². The summed E-state index contributed by atoms with van der Waals surface area (Å²) in [5.41, 5.74) is 2.26. The molecule has 3 rings (SSSR count). The van der Waals surface area contributed by atoms with E-state index >= 15 is 0 Å². The first-order chi connectivity index (χ1) is 14.3. The van der Waals surface area contributed by atoms with E-state index in [9.17, 15) is 0 Å². The standard InChI is InChI=1S/C23H33N5O.HI/c1-3-24-23(26-16-19-9-8-10-21(15-19)29-2)27-18-20-11-12-22(25-17-20)28-13-6-4-5-7-14-28;/h8-12,15,17H,3-7,13-14,16,18H2,1-2H3,(H2,24,26,27);1H. The molecule has 0 unspecified atom stereocenters. The third kappa shape index (κ3) is 7.66. The van der Waals surface area contributed by atoms with Gasteiger partial charge in [-0.2, -0.15) is 0 Å². The summed E-state index contributed by atoms with van der Waals surface area (Å²) >= 11 is 0. The Hall–Kier alpha value is -2.03. The van der Waals surface area contributed by atoms with Crippen molar-refractivity contribution >= 4 is 35.8 Å². The van der Waals surface area contributed by atoms with Crippen molar-refractivity contribution in [3.05, 3.63) is 53.7 Å². The van der Waals surface area contributed by atoms with Crippen molar-refractivity contribution < 1.29 is 4.74 Å². The van der Waals surface area contributed by atoms with Gasteiger partial charge in [-0.25, -0.2) is 9.98 Å². The minimum atomic E-state index is 0. The van der Waals surface area contributed by atoms with E-state index in [4.69, 9.17) is 9.73 Å². The SMILES string of the molecule is CCNC(=NCc1ccc(N2CCCCCC2)nc1)NCc1cccc(OC)c1.I. The van der Waals surface area contributed by atoms with E-state index in [-0.39, 0.29) is 24.0 Å². The molecule has 0 atom stereocenters. The third-order valence-corrected chi connectivity index (χ3v) is 5.10. The van der Waals surface area contributed by atoms with Gasteiger partial charge in [-0.05, 0) is 49.1 Å². The third-order valence-electron chi connectivity index (χ3n) is 5.10. The van der Waals surface area contributed by atoms with Crippen molar-refractivity contribution in [2.45, 2.75) is 45.7 Å². The number of guanidine groups is 1. The summed E-state index contributed by atoms with van der Waals surface area (Å²) in [5, 5.41) is 6.68. The molecule has 1 aromatic heterocycles. The molecule has 0 radical (unpaired) electrons. The van der Waals surface area contributed by atoms with Crippen LogP contribution >= 0.6 is 24.0 Å². The second-order valence-electron chi connectivity index (χ2n) is 7.33. The highest BCUT2D eigenvalue weighted by molar-refractivity contribution is 14.0. The number of ether oxygens (including phenoxy) is 1. The second-order valence-corrected chi connectivity index (χ2v) is 7.33. The molecule has 30 heavy (non-hydrogen) atoms. The predicted octanol–water partition coefficient (Wildman–Crippen LogP) is 4.34. The molecule has 2 aromatic rings. The highest BCUT2D eigenvalue weighted by Crippen LogP contribution is 2.17. The fourth-order valence-corrected chi connectivity index (χ4v) is 3.48. The summed E-state index contributed by atoms with van der Waals surface area (Å²) in [5.74, 6) is 2.75. The Bertz CT molecular complexity index is 773. The van der Waals surface area contributed by atoms with Crippen LogP contribution in [0.2, 0.25) is 0 Å². The molecule has 0 saturated carbocycles. The Labute approximate surface area is 197 Å². The number of aliphatic imine (C=N–C) groups is 1. The van der Waals surface area contributed by atoms with Crippen LogP contribution < -0.4 is 20.3 Å². The zero-order chi connectivity index (χ0) is 20.3. The number of hydrogen-bond acceptors (Lipinski definition) is 4. The van der Waals surface area contributed by atoms with Crippen LogP contribution in [-0.2, 0) is 13.1 Å². The number of aromatic nitrogens is 1. The molecular formula is C23H34IN5O. The van der Waals surface area contributed by atoms with E-state index in [1.807, 2.05) is 24.4 Å². The largest absolute Gasteiger partial charge is 0.497 e. The lowest BCUT2D eigenvalue weighted by atomic mass is 10.2. The van der Waals surface area contributed by atoms with Crippen LogP contribution in [-0.4, -0.2) is 37.7 Å². The molecule has 2 N–H and O–H groups in total. The lowest BCUT2D eigenvalue weighted by Gasteiger charge is -2.21. The molecule has 1 aromatic carbocycles. The van der Waals surface area contributed by atoms with Gasteiger partial charge in [0.25, 0.3) is 0 Å². The fourth-order valence-electron chi connectivity index (χ4n) is 3.48. The maximum absolute atomic E-state index is 5.29. The van der Waals surface area contributed by atoms with Crippen molar-refractivity contribution in [3.63, 3.8) is 0 Å². The number of methoxy groups -OCH3 is 1. The molecule has 0 spiro atoms. The maximum atomic E-state index is 5.29. The normalized spacial score (nSPS) is 14.5. The van der Waals surface area contributed by atoms with Gasteiger partial charge in [0.05, 0.1) is 13.7 Å². The summed E-state index contributed by atoms with van der Waals surface area (Å²) in [6.45, 7) is 6.40. The van der Waals surface area contributed by atoms with Crippen LogP contribution in [0.4, 0.5) is 5.82 Å². The van der Waals surface area contributed by atoms with Crippen molar-refractivity contribution in [3.8, 4) is 5.75 Å². The first-order valence-electron chi connectivity index (χ1n) is 10.6. The first kappa shape index (κ1) is 24.2. The van der Waals surface area contributed by atoms with Gasteiger partial charge in [0.15, 0.2) is 5.96 Å². The van der Waals surface area contributed by atoms with E-state index in [1.54, 1.807) is 7.11 Å². The summed E-state index contributed by atoms with van der Waals surface area (Å²) in [6, 6.07) is 12.3. The fraction of sp³-hybridized carbons (Fsp3) is 0.478. The number of halogens is 1. The molecule has 1 saturated heterocycles. The molecule has 0 bridgehead atoms. The average molecular weight is 523 g/mol. The molecule has 6 nitrogen and oxygen atoms in total. The highest BCUT2D eigenvalue weighted by atomic mass is 127. The molecule has 1 aliphatic heterocycles. The monoisotopic (exact) mass is 523 g/mol. The second kappa shape index (κ2) is 13.3. The summed E-state index contributed by atoms with van der Waals surface area (Å²) in [7, 11) is 1.68. The smallest absolute Gasteiger partial charge is 0.191 e. The molecule has 164 valence electrons. The zero-order valence-corrected chi connectivity index (χ0v) is 20.4. The van der Waals surface area contributed by atoms with Gasteiger partial charge >= 0.3 is 0 Å². The van der Waals surface area contributed by atoms with Gasteiger partial charge < -0.3 is 20.3 Å². The van der Waals surface area contributed by atoms with Crippen LogP contribution in [0.15, 0.2) is 47.6 Å². The minimum Gasteiger partial charge on any atom is -0.497 e. The molecule has 1 aliphatic rings. The zero-order valence-electron chi connectivity index (χ0n) is 18.1. The topological polar surface area (TPSA) is 61.8 Å². The van der Waals surface area contributed by atoms with Gasteiger partial charge in [-0.15, -0.1) is 24.0 Å². The molecule has 7 heteroatoms. The number of rotatable bonds is 7.